The van der Waals surface area contributed by atoms with Crippen LogP contribution in [-0.2, 0) is 6.42 Å². The molecule has 1 rings (SSSR count). The molecular weight excluding hydrogens is 202 g/mol. The Morgan fingerprint density at radius 3 is 3.08 bits per heavy atom. The highest BCUT2D eigenvalue weighted by atomic mass is 35.5. The molecule has 1 heterocycles. The maximum absolute atomic E-state index is 5.64. The number of halogens is 1. The van der Waals surface area contributed by atoms with Gasteiger partial charge in [-0.2, -0.15) is 0 Å². The summed E-state index contributed by atoms with van der Waals surface area (Å²) < 4.78 is 0. The quantitative estimate of drug-likeness (QED) is 0.723. The zero-order chi connectivity index (χ0) is 9.52. The molecule has 0 aliphatic rings. The monoisotopic (exact) mass is 217 g/mol. The number of hydrogen-bond acceptors (Lipinski definition) is 2. The van der Waals surface area contributed by atoms with Gasteiger partial charge in [0.05, 0.1) is 0 Å². The predicted octanol–water partition coefficient (Wildman–Crippen LogP) is 2.90. The molecule has 1 aromatic rings. The average Bonchev–Trinajstić information content (AvgIpc) is 2.57. The third-order valence-electron chi connectivity index (χ3n) is 1.99. The van der Waals surface area contributed by atoms with Gasteiger partial charge in [0.25, 0.3) is 0 Å². The summed E-state index contributed by atoms with van der Waals surface area (Å²) in [5.41, 5.74) is 0. The van der Waals surface area contributed by atoms with Crippen molar-refractivity contribution in [2.24, 2.45) is 0 Å². The summed E-state index contributed by atoms with van der Waals surface area (Å²) in [6.07, 6.45) is 2.18. The highest BCUT2D eigenvalue weighted by Crippen LogP contribution is 2.08. The molecule has 0 aliphatic carbocycles. The van der Waals surface area contributed by atoms with Crippen LogP contribution in [0, 0.1) is 0 Å². The Hall–Kier alpha value is -0.0500. The predicted molar refractivity (Wildman–Crippen MR) is 60.8 cm³/mol. The van der Waals surface area contributed by atoms with E-state index in [9.17, 15) is 0 Å². The summed E-state index contributed by atoms with van der Waals surface area (Å²) in [5, 5.41) is 5.57. The third-order valence-corrected chi connectivity index (χ3v) is 3.14. The van der Waals surface area contributed by atoms with Crippen molar-refractivity contribution in [3.8, 4) is 0 Å². The van der Waals surface area contributed by atoms with E-state index < -0.39 is 0 Å². The van der Waals surface area contributed by atoms with Gasteiger partial charge in [-0.1, -0.05) is 6.07 Å². The number of thiophene rings is 1. The van der Waals surface area contributed by atoms with Crippen LogP contribution >= 0.6 is 22.9 Å². The number of alkyl halides is 1. The molecule has 1 atom stereocenters. The van der Waals surface area contributed by atoms with Crippen molar-refractivity contribution < 1.29 is 0 Å². The van der Waals surface area contributed by atoms with Crippen molar-refractivity contribution in [2.75, 3.05) is 12.4 Å². The summed E-state index contributed by atoms with van der Waals surface area (Å²) in [4.78, 5) is 1.45. The van der Waals surface area contributed by atoms with Gasteiger partial charge in [-0.3, -0.25) is 0 Å². The van der Waals surface area contributed by atoms with Crippen LogP contribution in [0.15, 0.2) is 17.5 Å². The smallest absolute Gasteiger partial charge is 0.0238 e. The summed E-state index contributed by atoms with van der Waals surface area (Å²) in [6.45, 7) is 3.23. The van der Waals surface area contributed by atoms with E-state index >= 15 is 0 Å². The first-order chi connectivity index (χ1) is 6.33. The maximum atomic E-state index is 5.64. The molecule has 0 aromatic carbocycles. The van der Waals surface area contributed by atoms with Crippen LogP contribution in [0.4, 0.5) is 0 Å². The molecule has 1 unspecified atom stereocenters. The van der Waals surface area contributed by atoms with Crippen molar-refractivity contribution in [1.29, 1.82) is 0 Å². The van der Waals surface area contributed by atoms with E-state index in [2.05, 4.69) is 29.8 Å². The molecule has 1 aromatic heterocycles. The Kier molecular flexibility index (Phi) is 5.44. The Morgan fingerprint density at radius 1 is 1.62 bits per heavy atom. The SMILES string of the molecule is CC(CCCl)NCCc1cccs1. The summed E-state index contributed by atoms with van der Waals surface area (Å²) in [5.74, 6) is 0.743. The molecule has 1 nitrogen and oxygen atoms in total. The van der Waals surface area contributed by atoms with Gasteiger partial charge >= 0.3 is 0 Å². The fourth-order valence-electron chi connectivity index (χ4n) is 1.16. The van der Waals surface area contributed by atoms with Gasteiger partial charge < -0.3 is 5.32 Å². The van der Waals surface area contributed by atoms with E-state index in [1.807, 2.05) is 11.3 Å². The fraction of sp³-hybridized carbons (Fsp3) is 0.600. The number of nitrogens with one attached hydrogen (secondary N) is 1. The number of rotatable bonds is 6. The molecule has 0 bridgehead atoms. The normalized spacial score (nSPS) is 13.1. The van der Waals surface area contributed by atoms with Crippen LogP contribution in [0.2, 0.25) is 0 Å². The molecule has 0 radical (unpaired) electrons. The van der Waals surface area contributed by atoms with E-state index in [-0.39, 0.29) is 0 Å². The fourth-order valence-corrected chi connectivity index (χ4v) is 2.20. The van der Waals surface area contributed by atoms with E-state index in [0.717, 1.165) is 25.3 Å². The minimum absolute atomic E-state index is 0.539. The van der Waals surface area contributed by atoms with Crippen molar-refractivity contribution >= 4 is 22.9 Å². The lowest BCUT2D eigenvalue weighted by Crippen LogP contribution is -2.28. The molecule has 0 aliphatic heterocycles. The Morgan fingerprint density at radius 2 is 2.46 bits per heavy atom. The van der Waals surface area contributed by atoms with E-state index in [1.54, 1.807) is 0 Å². The average molecular weight is 218 g/mol. The molecule has 0 amide bonds. The van der Waals surface area contributed by atoms with Gasteiger partial charge in [0.15, 0.2) is 0 Å². The standard InChI is InChI=1S/C10H16ClNS/c1-9(4-6-11)12-7-5-10-3-2-8-13-10/h2-3,8-9,12H,4-7H2,1H3. The van der Waals surface area contributed by atoms with Gasteiger partial charge in [0.1, 0.15) is 0 Å². The van der Waals surface area contributed by atoms with Crippen molar-refractivity contribution in [1.82, 2.24) is 5.32 Å². The second-order valence-electron chi connectivity index (χ2n) is 3.16. The zero-order valence-corrected chi connectivity index (χ0v) is 9.50. The molecule has 0 saturated heterocycles. The van der Waals surface area contributed by atoms with Crippen LogP contribution in [0.25, 0.3) is 0 Å². The third kappa shape index (κ3) is 4.65. The van der Waals surface area contributed by atoms with E-state index in [0.29, 0.717) is 6.04 Å². The molecule has 0 saturated carbocycles. The van der Waals surface area contributed by atoms with Gasteiger partial charge in [-0.15, -0.1) is 22.9 Å². The first-order valence-corrected chi connectivity index (χ1v) is 6.06. The minimum atomic E-state index is 0.539. The van der Waals surface area contributed by atoms with E-state index in [1.165, 1.54) is 4.88 Å². The van der Waals surface area contributed by atoms with Crippen LogP contribution in [0.5, 0.6) is 0 Å². The molecule has 74 valence electrons. The van der Waals surface area contributed by atoms with Gasteiger partial charge in [0.2, 0.25) is 0 Å². The largest absolute Gasteiger partial charge is 0.314 e. The highest BCUT2D eigenvalue weighted by molar-refractivity contribution is 7.09. The highest BCUT2D eigenvalue weighted by Gasteiger charge is 1.99. The number of hydrogen-bond donors (Lipinski definition) is 1. The Labute approximate surface area is 89.1 Å². The summed E-state index contributed by atoms with van der Waals surface area (Å²) in [6, 6.07) is 4.82. The first kappa shape index (κ1) is 11.0. The maximum Gasteiger partial charge on any atom is 0.0238 e. The van der Waals surface area contributed by atoms with Crippen molar-refractivity contribution in [3.05, 3.63) is 22.4 Å². The van der Waals surface area contributed by atoms with Gasteiger partial charge in [-0.05, 0) is 31.2 Å². The van der Waals surface area contributed by atoms with Gasteiger partial charge in [0, 0.05) is 23.3 Å². The molecule has 1 N–H and O–H groups in total. The zero-order valence-electron chi connectivity index (χ0n) is 7.92. The van der Waals surface area contributed by atoms with Crippen molar-refractivity contribution in [3.63, 3.8) is 0 Å². The second kappa shape index (κ2) is 6.41. The Bertz CT molecular complexity index is 211. The van der Waals surface area contributed by atoms with Crippen LogP contribution in [0.1, 0.15) is 18.2 Å². The summed E-state index contributed by atoms with van der Waals surface area (Å²) in [7, 11) is 0. The van der Waals surface area contributed by atoms with E-state index in [4.69, 9.17) is 11.6 Å². The van der Waals surface area contributed by atoms with Crippen LogP contribution in [-0.4, -0.2) is 18.5 Å². The van der Waals surface area contributed by atoms with Gasteiger partial charge in [-0.25, -0.2) is 0 Å². The molecule has 0 fully saturated rings. The lowest BCUT2D eigenvalue weighted by molar-refractivity contribution is 0.541. The minimum Gasteiger partial charge on any atom is -0.314 e. The molecular formula is C10H16ClNS. The Balaban J connectivity index is 2.07. The van der Waals surface area contributed by atoms with Crippen molar-refractivity contribution in [2.45, 2.75) is 25.8 Å². The molecule has 3 heteroatoms. The van der Waals surface area contributed by atoms with Crippen LogP contribution < -0.4 is 5.32 Å². The molecule has 0 spiro atoms. The van der Waals surface area contributed by atoms with Crippen LogP contribution in [0.3, 0.4) is 0 Å². The molecule has 13 heavy (non-hydrogen) atoms. The second-order valence-corrected chi connectivity index (χ2v) is 4.57. The topological polar surface area (TPSA) is 12.0 Å². The summed E-state index contributed by atoms with van der Waals surface area (Å²) >= 11 is 7.46. The lowest BCUT2D eigenvalue weighted by atomic mass is 10.2. The lowest BCUT2D eigenvalue weighted by Gasteiger charge is -2.10. The first-order valence-electron chi connectivity index (χ1n) is 4.64.